The van der Waals surface area contributed by atoms with E-state index in [4.69, 9.17) is 32.7 Å². The van der Waals surface area contributed by atoms with E-state index < -0.39 is 11.4 Å². The van der Waals surface area contributed by atoms with Gasteiger partial charge in [-0.05, 0) is 38.1 Å². The molecular formula is C26H33Cl2NO5. The van der Waals surface area contributed by atoms with Gasteiger partial charge in [-0.3, -0.25) is 14.4 Å². The zero-order valence-electron chi connectivity index (χ0n) is 20.5. The summed E-state index contributed by atoms with van der Waals surface area (Å²) in [5.74, 6) is 0.488. The fourth-order valence-corrected chi connectivity index (χ4v) is 4.67. The Morgan fingerprint density at radius 3 is 2.09 bits per heavy atom. The fraction of sp³-hybridized carbons (Fsp3) is 0.500. The van der Waals surface area contributed by atoms with Crippen LogP contribution in [0.2, 0.25) is 0 Å². The molecular weight excluding hydrogens is 477 g/mol. The molecule has 0 aromatic heterocycles. The molecule has 2 rings (SSSR count). The molecule has 1 aliphatic rings. The summed E-state index contributed by atoms with van der Waals surface area (Å²) in [6.45, 7) is 8.53. The van der Waals surface area contributed by atoms with E-state index in [9.17, 15) is 14.4 Å². The minimum atomic E-state index is -0.885. The first kappa shape index (κ1) is 28.1. The van der Waals surface area contributed by atoms with E-state index in [1.54, 1.807) is 46.9 Å². The summed E-state index contributed by atoms with van der Waals surface area (Å²) in [5, 5.41) is 0. The zero-order valence-corrected chi connectivity index (χ0v) is 22.0. The van der Waals surface area contributed by atoms with Crippen LogP contribution in [0.25, 0.3) is 0 Å². The molecule has 8 heteroatoms. The Morgan fingerprint density at radius 1 is 0.971 bits per heavy atom. The van der Waals surface area contributed by atoms with Gasteiger partial charge < -0.3 is 14.4 Å². The standard InChI is InChI=1S/C26H33Cl2NO5/c1-17-21(10-15-33-5)25(32)23(18(2)24(17)31)26(3,4)16-22(30)34-20-8-6-19(7-9-20)29(13-11-27)14-12-28/h6-9H,10-16H2,1-5H3. The maximum atomic E-state index is 13.3. The van der Waals surface area contributed by atoms with Crippen molar-refractivity contribution >= 4 is 46.4 Å². The normalized spacial score (nSPS) is 14.7. The average Bonchev–Trinajstić information content (AvgIpc) is 2.77. The molecule has 186 valence electrons. The number of carbonyl (C=O) groups excluding carboxylic acids is 3. The van der Waals surface area contributed by atoms with E-state index >= 15 is 0 Å². The van der Waals surface area contributed by atoms with Gasteiger partial charge in [0.15, 0.2) is 11.6 Å². The van der Waals surface area contributed by atoms with Crippen LogP contribution in [0.1, 0.15) is 40.5 Å². The second-order valence-corrected chi connectivity index (χ2v) is 9.65. The van der Waals surface area contributed by atoms with Crippen molar-refractivity contribution in [2.75, 3.05) is 43.5 Å². The van der Waals surface area contributed by atoms with Gasteiger partial charge in [-0.15, -0.1) is 23.2 Å². The number of carbonyl (C=O) groups is 3. The highest BCUT2D eigenvalue weighted by atomic mass is 35.5. The van der Waals surface area contributed by atoms with Gasteiger partial charge in [-0.25, -0.2) is 0 Å². The molecule has 0 amide bonds. The number of ketones is 2. The van der Waals surface area contributed by atoms with Crippen LogP contribution in [0.3, 0.4) is 0 Å². The molecule has 1 aromatic carbocycles. The lowest BCUT2D eigenvalue weighted by Crippen LogP contribution is -2.33. The van der Waals surface area contributed by atoms with Crippen molar-refractivity contribution in [1.82, 2.24) is 0 Å². The van der Waals surface area contributed by atoms with Crippen molar-refractivity contribution in [3.05, 3.63) is 46.6 Å². The maximum absolute atomic E-state index is 13.3. The topological polar surface area (TPSA) is 72.9 Å². The molecule has 0 bridgehead atoms. The van der Waals surface area contributed by atoms with Crippen LogP contribution >= 0.6 is 23.2 Å². The highest BCUT2D eigenvalue weighted by Crippen LogP contribution is 2.40. The molecule has 34 heavy (non-hydrogen) atoms. The minimum Gasteiger partial charge on any atom is -0.427 e. The number of methoxy groups -OCH3 is 1. The zero-order chi connectivity index (χ0) is 25.5. The largest absolute Gasteiger partial charge is 0.427 e. The van der Waals surface area contributed by atoms with Crippen molar-refractivity contribution in [3.8, 4) is 5.75 Å². The summed E-state index contributed by atoms with van der Waals surface area (Å²) in [6.07, 6.45) is 0.294. The molecule has 6 nitrogen and oxygen atoms in total. The second-order valence-electron chi connectivity index (χ2n) is 8.90. The van der Waals surface area contributed by atoms with Gasteiger partial charge in [-0.2, -0.15) is 0 Å². The molecule has 0 atom stereocenters. The van der Waals surface area contributed by atoms with Gasteiger partial charge in [0.2, 0.25) is 0 Å². The van der Waals surface area contributed by atoms with E-state index in [1.165, 1.54) is 0 Å². The third kappa shape index (κ3) is 6.71. The van der Waals surface area contributed by atoms with Crippen LogP contribution in [0.5, 0.6) is 5.75 Å². The van der Waals surface area contributed by atoms with E-state index in [0.717, 1.165) is 5.69 Å². The molecule has 0 radical (unpaired) electrons. The van der Waals surface area contributed by atoms with Crippen molar-refractivity contribution in [3.63, 3.8) is 0 Å². The maximum Gasteiger partial charge on any atom is 0.312 e. The number of hydrogen-bond acceptors (Lipinski definition) is 6. The molecule has 1 aromatic rings. The van der Waals surface area contributed by atoms with Crippen LogP contribution in [0.4, 0.5) is 5.69 Å². The van der Waals surface area contributed by atoms with Gasteiger partial charge in [0.1, 0.15) is 5.75 Å². The summed E-state index contributed by atoms with van der Waals surface area (Å²) in [6, 6.07) is 7.12. The number of hydrogen-bond donors (Lipinski definition) is 0. The third-order valence-corrected chi connectivity index (χ3v) is 6.31. The molecule has 0 fully saturated rings. The highest BCUT2D eigenvalue weighted by molar-refractivity contribution is 6.25. The average molecular weight is 510 g/mol. The molecule has 0 N–H and O–H groups in total. The molecule has 1 aliphatic carbocycles. The first-order chi connectivity index (χ1) is 16.1. The number of alkyl halides is 2. The number of allylic oxidation sites excluding steroid dienone is 3. The number of anilines is 1. The van der Waals surface area contributed by atoms with Gasteiger partial charge in [0.05, 0.1) is 13.0 Å². The Bertz CT molecular complexity index is 973. The summed E-state index contributed by atoms with van der Waals surface area (Å²) in [5.41, 5.74) is 1.68. The number of halogens is 2. The van der Waals surface area contributed by atoms with Gasteiger partial charge >= 0.3 is 5.97 Å². The lowest BCUT2D eigenvalue weighted by Gasteiger charge is -2.31. The third-order valence-electron chi connectivity index (χ3n) is 5.97. The van der Waals surface area contributed by atoms with Crippen molar-refractivity contribution in [2.24, 2.45) is 5.41 Å². The van der Waals surface area contributed by atoms with Crippen molar-refractivity contribution in [2.45, 2.75) is 40.5 Å². The van der Waals surface area contributed by atoms with E-state index in [1.807, 2.05) is 17.0 Å². The van der Waals surface area contributed by atoms with Gasteiger partial charge in [-0.1, -0.05) is 13.8 Å². The Hall–Kier alpha value is -2.15. The van der Waals surface area contributed by atoms with E-state index in [0.29, 0.717) is 65.9 Å². The predicted molar refractivity (Wildman–Crippen MR) is 136 cm³/mol. The number of benzene rings is 1. The lowest BCUT2D eigenvalue weighted by atomic mass is 9.70. The SMILES string of the molecule is COCCC1=C(C)C(=O)C(C)=C(C(C)(C)CC(=O)Oc2ccc(N(CCCl)CCCl)cc2)C1=O. The first-order valence-electron chi connectivity index (χ1n) is 11.2. The molecule has 0 saturated carbocycles. The smallest absolute Gasteiger partial charge is 0.312 e. The minimum absolute atomic E-state index is 0.0539. The van der Waals surface area contributed by atoms with Crippen LogP contribution in [0.15, 0.2) is 46.6 Å². The lowest BCUT2D eigenvalue weighted by molar-refractivity contribution is -0.136. The fourth-order valence-electron chi connectivity index (χ4n) is 4.26. The van der Waals surface area contributed by atoms with E-state index in [2.05, 4.69) is 0 Å². The first-order valence-corrected chi connectivity index (χ1v) is 12.3. The number of rotatable bonds is 12. The number of esters is 1. The Balaban J connectivity index is 2.16. The predicted octanol–water partition coefficient (Wildman–Crippen LogP) is 5.11. The second kappa shape index (κ2) is 12.5. The van der Waals surface area contributed by atoms with Crippen LogP contribution in [-0.2, 0) is 19.1 Å². The van der Waals surface area contributed by atoms with Crippen molar-refractivity contribution < 1.29 is 23.9 Å². The molecule has 0 spiro atoms. The Kier molecular flexibility index (Phi) is 10.3. The van der Waals surface area contributed by atoms with Gasteiger partial charge in [0, 0.05) is 71.8 Å². The number of nitrogens with zero attached hydrogens (tertiary/aromatic N) is 1. The molecule has 0 saturated heterocycles. The van der Waals surface area contributed by atoms with E-state index in [-0.39, 0.29) is 18.0 Å². The molecule has 0 aliphatic heterocycles. The number of Topliss-reactive ketones (excluding diaryl/α,β-unsaturated/α-hetero) is 2. The monoisotopic (exact) mass is 509 g/mol. The summed E-state index contributed by atoms with van der Waals surface area (Å²) >= 11 is 11.7. The quantitative estimate of drug-likeness (QED) is 0.168. The molecule has 0 unspecified atom stereocenters. The van der Waals surface area contributed by atoms with Gasteiger partial charge in [0.25, 0.3) is 0 Å². The number of ether oxygens (including phenoxy) is 2. The summed E-state index contributed by atoms with van der Waals surface area (Å²) in [4.78, 5) is 40.9. The summed E-state index contributed by atoms with van der Waals surface area (Å²) in [7, 11) is 1.55. The summed E-state index contributed by atoms with van der Waals surface area (Å²) < 4.78 is 10.6. The molecule has 0 heterocycles. The Labute approximate surface area is 211 Å². The van der Waals surface area contributed by atoms with Crippen LogP contribution in [0, 0.1) is 5.41 Å². The Morgan fingerprint density at radius 2 is 1.56 bits per heavy atom. The van der Waals surface area contributed by atoms with Crippen molar-refractivity contribution in [1.29, 1.82) is 0 Å². The van der Waals surface area contributed by atoms with Crippen LogP contribution < -0.4 is 9.64 Å². The van der Waals surface area contributed by atoms with Crippen LogP contribution in [-0.4, -0.2) is 56.1 Å². The highest BCUT2D eigenvalue weighted by Gasteiger charge is 2.39.